The van der Waals surface area contributed by atoms with Crippen molar-refractivity contribution in [2.24, 2.45) is 11.8 Å². The van der Waals surface area contributed by atoms with Crippen LogP contribution in [0.2, 0.25) is 0 Å². The van der Waals surface area contributed by atoms with Gasteiger partial charge in [-0.3, -0.25) is 0 Å². The van der Waals surface area contributed by atoms with Crippen LogP contribution in [0.5, 0.6) is 0 Å². The number of nitrogens with one attached hydrogen (secondary N) is 1. The Kier molecular flexibility index (Phi) is 5.80. The van der Waals surface area contributed by atoms with E-state index in [0.29, 0.717) is 12.1 Å². The second kappa shape index (κ2) is 7.83. The van der Waals surface area contributed by atoms with Crippen molar-refractivity contribution in [3.63, 3.8) is 0 Å². The van der Waals surface area contributed by atoms with Gasteiger partial charge in [-0.05, 0) is 68.4 Å². The summed E-state index contributed by atoms with van der Waals surface area (Å²) in [6.07, 6.45) is 11.1. The van der Waals surface area contributed by atoms with Crippen molar-refractivity contribution < 1.29 is 0 Å². The van der Waals surface area contributed by atoms with Gasteiger partial charge in [-0.25, -0.2) is 0 Å². The van der Waals surface area contributed by atoms with Crippen molar-refractivity contribution in [3.05, 3.63) is 35.4 Å². The molecule has 0 radical (unpaired) electrons. The highest BCUT2D eigenvalue weighted by molar-refractivity contribution is 5.26. The first-order valence-electron chi connectivity index (χ1n) is 9.95. The summed E-state index contributed by atoms with van der Waals surface area (Å²) in [4.78, 5) is 0. The molecule has 0 aromatic heterocycles. The molecule has 1 N–H and O–H groups in total. The standard InChI is InChI=1S/C22H35N/c1-16-4-6-19(7-5-16)8-9-20-10-12-21(13-11-20)22-14-17(2)23-18(3)15-22/h10-13,16-19,22-23H,4-9,14-15H2,1-3H3. The summed E-state index contributed by atoms with van der Waals surface area (Å²) in [5, 5.41) is 3.65. The maximum absolute atomic E-state index is 3.65. The molecule has 0 amide bonds. The fourth-order valence-corrected chi connectivity index (χ4v) is 4.79. The minimum absolute atomic E-state index is 0.650. The lowest BCUT2D eigenvalue weighted by atomic mass is 9.80. The molecule has 1 heteroatoms. The second-order valence-corrected chi connectivity index (χ2v) is 8.54. The minimum atomic E-state index is 0.650. The number of aryl methyl sites for hydroxylation is 1. The molecule has 2 atom stereocenters. The zero-order valence-electron chi connectivity index (χ0n) is 15.4. The lowest BCUT2D eigenvalue weighted by molar-refractivity contribution is 0.278. The molecule has 1 aromatic carbocycles. The van der Waals surface area contributed by atoms with Crippen molar-refractivity contribution in [2.75, 3.05) is 0 Å². The quantitative estimate of drug-likeness (QED) is 0.753. The van der Waals surface area contributed by atoms with Gasteiger partial charge in [0.25, 0.3) is 0 Å². The lowest BCUT2D eigenvalue weighted by Crippen LogP contribution is -2.41. The normalized spacial score (nSPS) is 35.2. The average Bonchev–Trinajstić information content (AvgIpc) is 2.54. The van der Waals surface area contributed by atoms with Crippen LogP contribution in [0.25, 0.3) is 0 Å². The van der Waals surface area contributed by atoms with Gasteiger partial charge in [0, 0.05) is 12.1 Å². The fraction of sp³-hybridized carbons (Fsp3) is 0.727. The topological polar surface area (TPSA) is 12.0 Å². The molecule has 1 nitrogen and oxygen atoms in total. The van der Waals surface area contributed by atoms with Gasteiger partial charge in [-0.1, -0.05) is 56.9 Å². The van der Waals surface area contributed by atoms with Crippen molar-refractivity contribution in [2.45, 2.75) is 90.1 Å². The molecule has 1 aromatic rings. The van der Waals surface area contributed by atoms with E-state index in [-0.39, 0.29) is 0 Å². The van der Waals surface area contributed by atoms with E-state index in [9.17, 15) is 0 Å². The van der Waals surface area contributed by atoms with Crippen molar-refractivity contribution in [1.29, 1.82) is 0 Å². The molecule has 0 spiro atoms. The van der Waals surface area contributed by atoms with Crippen LogP contribution in [0.4, 0.5) is 0 Å². The van der Waals surface area contributed by atoms with E-state index in [1.54, 1.807) is 11.1 Å². The van der Waals surface area contributed by atoms with E-state index in [4.69, 9.17) is 0 Å². The monoisotopic (exact) mass is 313 g/mol. The Morgan fingerprint density at radius 1 is 0.870 bits per heavy atom. The van der Waals surface area contributed by atoms with Gasteiger partial charge >= 0.3 is 0 Å². The molecule has 1 saturated carbocycles. The Labute approximate surface area is 143 Å². The Bertz CT molecular complexity index is 459. The number of hydrogen-bond acceptors (Lipinski definition) is 1. The van der Waals surface area contributed by atoms with Crippen LogP contribution in [0.15, 0.2) is 24.3 Å². The highest BCUT2D eigenvalue weighted by atomic mass is 14.9. The van der Waals surface area contributed by atoms with E-state index in [0.717, 1.165) is 17.8 Å². The summed E-state index contributed by atoms with van der Waals surface area (Å²) >= 11 is 0. The zero-order chi connectivity index (χ0) is 16.2. The highest BCUT2D eigenvalue weighted by Gasteiger charge is 2.24. The largest absolute Gasteiger partial charge is 0.312 e. The highest BCUT2D eigenvalue weighted by Crippen LogP contribution is 2.32. The van der Waals surface area contributed by atoms with E-state index in [1.807, 2.05) is 0 Å². The summed E-state index contributed by atoms with van der Waals surface area (Å²) in [7, 11) is 0. The molecular weight excluding hydrogens is 278 g/mol. The number of piperidine rings is 1. The van der Waals surface area contributed by atoms with Gasteiger partial charge in [0.2, 0.25) is 0 Å². The number of hydrogen-bond donors (Lipinski definition) is 1. The Balaban J connectivity index is 1.51. The molecule has 128 valence electrons. The third-order valence-electron chi connectivity index (χ3n) is 6.27. The van der Waals surface area contributed by atoms with Crippen LogP contribution < -0.4 is 5.32 Å². The third-order valence-corrected chi connectivity index (χ3v) is 6.27. The van der Waals surface area contributed by atoms with Gasteiger partial charge in [-0.15, -0.1) is 0 Å². The average molecular weight is 314 g/mol. The van der Waals surface area contributed by atoms with Gasteiger partial charge < -0.3 is 5.32 Å². The van der Waals surface area contributed by atoms with E-state index in [2.05, 4.69) is 50.4 Å². The van der Waals surface area contributed by atoms with Crippen molar-refractivity contribution >= 4 is 0 Å². The van der Waals surface area contributed by atoms with Crippen molar-refractivity contribution in [3.8, 4) is 0 Å². The molecule has 1 aliphatic heterocycles. The van der Waals surface area contributed by atoms with Crippen molar-refractivity contribution in [1.82, 2.24) is 5.32 Å². The van der Waals surface area contributed by atoms with Crippen LogP contribution in [0.1, 0.15) is 82.8 Å². The zero-order valence-corrected chi connectivity index (χ0v) is 15.4. The molecule has 23 heavy (non-hydrogen) atoms. The Hall–Kier alpha value is -0.820. The van der Waals surface area contributed by atoms with Gasteiger partial charge in [0.05, 0.1) is 0 Å². The maximum atomic E-state index is 3.65. The molecular formula is C22H35N. The first-order valence-corrected chi connectivity index (χ1v) is 9.95. The second-order valence-electron chi connectivity index (χ2n) is 8.54. The number of benzene rings is 1. The molecule has 0 bridgehead atoms. The molecule has 2 fully saturated rings. The third kappa shape index (κ3) is 4.83. The van der Waals surface area contributed by atoms with Crippen LogP contribution in [-0.2, 0) is 6.42 Å². The van der Waals surface area contributed by atoms with E-state index in [1.165, 1.54) is 51.4 Å². The molecule has 3 rings (SSSR count). The summed E-state index contributed by atoms with van der Waals surface area (Å²) in [6.45, 7) is 7.06. The summed E-state index contributed by atoms with van der Waals surface area (Å²) < 4.78 is 0. The summed E-state index contributed by atoms with van der Waals surface area (Å²) in [5.74, 6) is 2.70. The lowest BCUT2D eigenvalue weighted by Gasteiger charge is -2.33. The molecule has 1 aliphatic carbocycles. The van der Waals surface area contributed by atoms with Crippen LogP contribution in [0.3, 0.4) is 0 Å². The van der Waals surface area contributed by atoms with Gasteiger partial charge in [0.15, 0.2) is 0 Å². The predicted molar refractivity (Wildman–Crippen MR) is 99.9 cm³/mol. The van der Waals surface area contributed by atoms with E-state index >= 15 is 0 Å². The van der Waals surface area contributed by atoms with Crippen LogP contribution >= 0.6 is 0 Å². The Morgan fingerprint density at radius 3 is 2.09 bits per heavy atom. The van der Waals surface area contributed by atoms with Gasteiger partial charge in [0.1, 0.15) is 0 Å². The SMILES string of the molecule is CC1CCC(CCc2ccc(C3CC(C)NC(C)C3)cc2)CC1. The minimum Gasteiger partial charge on any atom is -0.312 e. The predicted octanol–water partition coefficient (Wildman–Crippen LogP) is 5.69. The first-order chi connectivity index (χ1) is 11.1. The van der Waals surface area contributed by atoms with Gasteiger partial charge in [-0.2, -0.15) is 0 Å². The van der Waals surface area contributed by atoms with Crippen LogP contribution in [0, 0.1) is 11.8 Å². The van der Waals surface area contributed by atoms with Crippen LogP contribution in [-0.4, -0.2) is 12.1 Å². The molecule has 1 heterocycles. The summed E-state index contributed by atoms with van der Waals surface area (Å²) in [5.41, 5.74) is 3.10. The molecule has 1 saturated heterocycles. The summed E-state index contributed by atoms with van der Waals surface area (Å²) in [6, 6.07) is 10.9. The van der Waals surface area contributed by atoms with E-state index < -0.39 is 0 Å². The fourth-order valence-electron chi connectivity index (χ4n) is 4.79. The maximum Gasteiger partial charge on any atom is 0.00470 e. The smallest absolute Gasteiger partial charge is 0.00470 e. The first kappa shape index (κ1) is 17.0. The Morgan fingerprint density at radius 2 is 1.48 bits per heavy atom. The molecule has 2 aliphatic rings. The number of rotatable bonds is 4. The molecule has 2 unspecified atom stereocenters.